The van der Waals surface area contributed by atoms with E-state index in [0.717, 1.165) is 16.1 Å². The number of amides is 1. The van der Waals surface area contributed by atoms with Gasteiger partial charge in [0.2, 0.25) is 5.91 Å². The van der Waals surface area contributed by atoms with Gasteiger partial charge in [0.15, 0.2) is 0 Å². The number of anilines is 1. The van der Waals surface area contributed by atoms with Gasteiger partial charge in [-0.25, -0.2) is 0 Å². The van der Waals surface area contributed by atoms with Crippen LogP contribution >= 0.6 is 11.8 Å². The van der Waals surface area contributed by atoms with Gasteiger partial charge in [-0.05, 0) is 50.6 Å². The fourth-order valence-corrected chi connectivity index (χ4v) is 2.71. The van der Waals surface area contributed by atoms with Crippen molar-refractivity contribution in [2.24, 2.45) is 0 Å². The molecule has 3 nitrogen and oxygen atoms in total. The van der Waals surface area contributed by atoms with Crippen LogP contribution in [0.5, 0.6) is 0 Å². The number of hydrogen-bond donors (Lipinski definition) is 1. The predicted molar refractivity (Wildman–Crippen MR) is 95.6 cm³/mol. The molecule has 1 amide bonds. The quantitative estimate of drug-likeness (QED) is 0.822. The third-order valence-electron chi connectivity index (χ3n) is 3.56. The summed E-state index contributed by atoms with van der Waals surface area (Å²) in [6, 6.07) is 17.8. The lowest BCUT2D eigenvalue weighted by Crippen LogP contribution is -2.16. The van der Waals surface area contributed by atoms with Gasteiger partial charge in [0.1, 0.15) is 0 Å². The molecule has 0 unspecified atom stereocenters. The number of rotatable bonds is 5. The Balaban J connectivity index is 1.90. The van der Waals surface area contributed by atoms with Crippen molar-refractivity contribution in [3.8, 4) is 6.07 Å². The van der Waals surface area contributed by atoms with Crippen LogP contribution in [0.4, 0.5) is 5.69 Å². The van der Waals surface area contributed by atoms with E-state index in [1.165, 1.54) is 17.3 Å². The van der Waals surface area contributed by atoms with Crippen LogP contribution in [-0.4, -0.2) is 11.7 Å². The minimum absolute atomic E-state index is 0.0390. The molecule has 0 saturated heterocycles. The van der Waals surface area contributed by atoms with E-state index >= 15 is 0 Å². The summed E-state index contributed by atoms with van der Waals surface area (Å²) in [5, 5.41) is 12.0. The van der Waals surface area contributed by atoms with Crippen molar-refractivity contribution < 1.29 is 4.79 Å². The number of aryl methyl sites for hydroxylation is 1. The average Bonchev–Trinajstić information content (AvgIpc) is 2.55. The lowest BCUT2D eigenvalue weighted by molar-refractivity contribution is -0.113. The van der Waals surface area contributed by atoms with Gasteiger partial charge in [-0.15, -0.1) is 11.8 Å². The Labute approximate surface area is 141 Å². The van der Waals surface area contributed by atoms with Gasteiger partial charge in [0.05, 0.1) is 17.2 Å². The first-order valence-corrected chi connectivity index (χ1v) is 8.40. The smallest absolute Gasteiger partial charge is 0.234 e. The molecular weight excluding hydrogens is 304 g/mol. The number of hydrogen-bond acceptors (Lipinski definition) is 3. The highest BCUT2D eigenvalue weighted by atomic mass is 32.2. The number of carbonyl (C=O) groups excluding carboxylic acids is 1. The Morgan fingerprint density at radius 3 is 2.30 bits per heavy atom. The zero-order chi connectivity index (χ0) is 16.9. The normalized spacial score (nSPS) is 10.9. The van der Waals surface area contributed by atoms with Crippen molar-refractivity contribution in [1.29, 1.82) is 5.26 Å². The number of thioether (sulfide) groups is 1. The second kappa shape index (κ2) is 7.34. The lowest BCUT2D eigenvalue weighted by atomic mass is 9.86. The Kier molecular flexibility index (Phi) is 5.46. The molecule has 0 aromatic heterocycles. The van der Waals surface area contributed by atoms with Gasteiger partial charge in [0.25, 0.3) is 0 Å². The number of nitriles is 1. The van der Waals surface area contributed by atoms with Crippen LogP contribution in [-0.2, 0) is 10.2 Å². The van der Waals surface area contributed by atoms with E-state index in [-0.39, 0.29) is 5.91 Å². The first kappa shape index (κ1) is 17.1. The second-order valence-electron chi connectivity index (χ2n) is 5.96. The third kappa shape index (κ3) is 4.87. The van der Waals surface area contributed by atoms with Crippen LogP contribution in [0.15, 0.2) is 53.4 Å². The molecule has 4 heteroatoms. The van der Waals surface area contributed by atoms with Crippen LogP contribution in [0.3, 0.4) is 0 Å². The van der Waals surface area contributed by atoms with E-state index in [0.29, 0.717) is 5.75 Å². The minimum Gasteiger partial charge on any atom is -0.325 e. The van der Waals surface area contributed by atoms with Crippen LogP contribution in [0.25, 0.3) is 0 Å². The van der Waals surface area contributed by atoms with E-state index in [2.05, 4.69) is 11.4 Å². The van der Waals surface area contributed by atoms with E-state index in [1.54, 1.807) is 0 Å². The topological polar surface area (TPSA) is 52.9 Å². The zero-order valence-electron chi connectivity index (χ0n) is 13.6. The molecule has 0 atom stereocenters. The molecule has 0 spiro atoms. The molecule has 0 aliphatic carbocycles. The van der Waals surface area contributed by atoms with Crippen LogP contribution in [0.1, 0.15) is 25.0 Å². The Morgan fingerprint density at radius 2 is 1.74 bits per heavy atom. The van der Waals surface area contributed by atoms with Gasteiger partial charge in [0, 0.05) is 10.6 Å². The highest BCUT2D eigenvalue weighted by Crippen LogP contribution is 2.24. The Morgan fingerprint density at radius 1 is 1.13 bits per heavy atom. The number of benzene rings is 2. The fraction of sp³-hybridized carbons (Fsp3) is 0.263. The van der Waals surface area contributed by atoms with Crippen molar-refractivity contribution in [2.75, 3.05) is 11.1 Å². The molecule has 0 aliphatic rings. The van der Waals surface area contributed by atoms with E-state index in [9.17, 15) is 4.79 Å². The van der Waals surface area contributed by atoms with Crippen molar-refractivity contribution in [3.63, 3.8) is 0 Å². The summed E-state index contributed by atoms with van der Waals surface area (Å²) in [7, 11) is 0. The van der Waals surface area contributed by atoms with E-state index in [1.807, 2.05) is 69.3 Å². The standard InChI is InChI=1S/C19H20N2OS/c1-14-4-10-17(11-5-14)23-12-18(22)21-16-8-6-15(7-9-16)19(2,3)13-20/h4-11H,12H2,1-3H3,(H,21,22). The summed E-state index contributed by atoms with van der Waals surface area (Å²) in [5.74, 6) is 0.331. The maximum atomic E-state index is 12.0. The molecule has 1 N–H and O–H groups in total. The van der Waals surface area contributed by atoms with Crippen molar-refractivity contribution in [3.05, 3.63) is 59.7 Å². The van der Waals surface area contributed by atoms with E-state index < -0.39 is 5.41 Å². The molecule has 23 heavy (non-hydrogen) atoms. The van der Waals surface area contributed by atoms with Gasteiger partial charge in [-0.3, -0.25) is 4.79 Å². The molecule has 0 radical (unpaired) electrons. The maximum Gasteiger partial charge on any atom is 0.234 e. The highest BCUT2D eigenvalue weighted by Gasteiger charge is 2.19. The predicted octanol–water partition coefficient (Wildman–Crippen LogP) is 4.53. The van der Waals surface area contributed by atoms with Gasteiger partial charge in [-0.2, -0.15) is 5.26 Å². The molecule has 0 fully saturated rings. The van der Waals surface area contributed by atoms with Gasteiger partial charge in [-0.1, -0.05) is 29.8 Å². The molecule has 0 bridgehead atoms. The first-order valence-electron chi connectivity index (χ1n) is 7.42. The summed E-state index contributed by atoms with van der Waals surface area (Å²) in [6.07, 6.45) is 0. The fourth-order valence-electron chi connectivity index (χ4n) is 2.02. The number of carbonyl (C=O) groups is 1. The Hall–Kier alpha value is -2.25. The summed E-state index contributed by atoms with van der Waals surface area (Å²) in [6.45, 7) is 5.79. The average molecular weight is 324 g/mol. The molecule has 118 valence electrons. The van der Waals surface area contributed by atoms with Crippen LogP contribution < -0.4 is 5.32 Å². The molecule has 2 aromatic rings. The SMILES string of the molecule is Cc1ccc(SCC(=O)Nc2ccc(C(C)(C)C#N)cc2)cc1. The summed E-state index contributed by atoms with van der Waals surface area (Å²) in [5.41, 5.74) is 2.37. The minimum atomic E-state index is -0.524. The Bertz CT molecular complexity index is 713. The molecule has 2 aromatic carbocycles. The molecule has 0 heterocycles. The van der Waals surface area contributed by atoms with Crippen molar-refractivity contribution in [1.82, 2.24) is 0 Å². The number of nitrogens with one attached hydrogen (secondary N) is 1. The van der Waals surface area contributed by atoms with Crippen LogP contribution in [0.2, 0.25) is 0 Å². The molecule has 2 rings (SSSR count). The highest BCUT2D eigenvalue weighted by molar-refractivity contribution is 8.00. The first-order chi connectivity index (χ1) is 10.9. The monoisotopic (exact) mass is 324 g/mol. The summed E-state index contributed by atoms with van der Waals surface area (Å²) >= 11 is 1.51. The number of nitrogens with zero attached hydrogens (tertiary/aromatic N) is 1. The largest absolute Gasteiger partial charge is 0.325 e. The molecular formula is C19H20N2OS. The second-order valence-corrected chi connectivity index (χ2v) is 7.01. The van der Waals surface area contributed by atoms with Gasteiger partial charge < -0.3 is 5.32 Å². The molecule has 0 aliphatic heterocycles. The zero-order valence-corrected chi connectivity index (χ0v) is 14.4. The van der Waals surface area contributed by atoms with Gasteiger partial charge >= 0.3 is 0 Å². The lowest BCUT2D eigenvalue weighted by Gasteiger charge is -2.16. The summed E-state index contributed by atoms with van der Waals surface area (Å²) in [4.78, 5) is 13.1. The van der Waals surface area contributed by atoms with Crippen molar-refractivity contribution in [2.45, 2.75) is 31.1 Å². The van der Waals surface area contributed by atoms with Crippen LogP contribution in [0, 0.1) is 18.3 Å². The summed E-state index contributed by atoms with van der Waals surface area (Å²) < 4.78 is 0. The third-order valence-corrected chi connectivity index (χ3v) is 4.57. The maximum absolute atomic E-state index is 12.0. The van der Waals surface area contributed by atoms with Crippen molar-refractivity contribution >= 4 is 23.4 Å². The molecule has 0 saturated carbocycles. The van der Waals surface area contributed by atoms with E-state index in [4.69, 9.17) is 5.26 Å².